The summed E-state index contributed by atoms with van der Waals surface area (Å²) >= 11 is 17.5. The van der Waals surface area contributed by atoms with Crippen molar-refractivity contribution in [1.29, 1.82) is 0 Å². The first-order valence-corrected chi connectivity index (χ1v) is 9.16. The second-order valence-electron chi connectivity index (χ2n) is 5.59. The van der Waals surface area contributed by atoms with Gasteiger partial charge in [-0.25, -0.2) is 9.78 Å². The van der Waals surface area contributed by atoms with E-state index in [-0.39, 0.29) is 22.4 Å². The van der Waals surface area contributed by atoms with Crippen molar-refractivity contribution in [3.8, 4) is 11.3 Å². The fourth-order valence-corrected chi connectivity index (χ4v) is 2.70. The largest absolute Gasteiger partial charge is 0.459 e. The normalized spacial score (nSPS) is 10.5. The van der Waals surface area contributed by atoms with Crippen molar-refractivity contribution in [1.82, 2.24) is 10.3 Å². The van der Waals surface area contributed by atoms with Gasteiger partial charge < -0.3 is 14.5 Å². The zero-order valence-electron chi connectivity index (χ0n) is 14.2. The third-order valence-corrected chi connectivity index (χ3v) is 4.36. The highest BCUT2D eigenvalue weighted by molar-refractivity contribution is 6.34. The van der Waals surface area contributed by atoms with Crippen LogP contribution in [0.5, 0.6) is 0 Å². The standard InChI is InChI=1S/C19H13Cl3N2O4/c20-12-3-1-11(2-4-12)15-7-5-13(28-15)9-23-17(25)10-27-19(26)18-14(21)6-8-16(22)24-18/h1-8H,9-10H2,(H,23,25). The van der Waals surface area contributed by atoms with Crippen LogP contribution >= 0.6 is 34.8 Å². The number of carbonyl (C=O) groups is 2. The maximum absolute atomic E-state index is 11.9. The maximum Gasteiger partial charge on any atom is 0.359 e. The van der Waals surface area contributed by atoms with E-state index in [0.29, 0.717) is 16.5 Å². The number of benzene rings is 1. The summed E-state index contributed by atoms with van der Waals surface area (Å²) in [6.45, 7) is -0.353. The zero-order chi connectivity index (χ0) is 20.1. The minimum Gasteiger partial charge on any atom is -0.459 e. The number of nitrogens with zero attached hydrogens (tertiary/aromatic N) is 1. The molecule has 0 aliphatic rings. The molecule has 0 spiro atoms. The molecule has 0 aliphatic carbocycles. The number of rotatable bonds is 6. The van der Waals surface area contributed by atoms with E-state index in [9.17, 15) is 9.59 Å². The summed E-state index contributed by atoms with van der Waals surface area (Å²) < 4.78 is 10.6. The quantitative estimate of drug-likeness (QED) is 0.442. The number of furan rings is 1. The number of ether oxygens (including phenoxy) is 1. The SMILES string of the molecule is O=C(COC(=O)c1nc(Cl)ccc1Cl)NCc1ccc(-c2ccc(Cl)cc2)o1. The summed E-state index contributed by atoms with van der Waals surface area (Å²) in [4.78, 5) is 27.6. The van der Waals surface area contributed by atoms with E-state index < -0.39 is 18.5 Å². The highest BCUT2D eigenvalue weighted by Crippen LogP contribution is 2.23. The number of nitrogens with one attached hydrogen (secondary N) is 1. The van der Waals surface area contributed by atoms with Gasteiger partial charge in [0.2, 0.25) is 0 Å². The number of amides is 1. The number of carbonyl (C=O) groups excluding carboxylic acids is 2. The molecule has 144 valence electrons. The molecular weight excluding hydrogens is 427 g/mol. The van der Waals surface area contributed by atoms with Crippen LogP contribution in [0.3, 0.4) is 0 Å². The van der Waals surface area contributed by atoms with Gasteiger partial charge in [0.25, 0.3) is 5.91 Å². The molecule has 2 aromatic heterocycles. The van der Waals surface area contributed by atoms with Crippen LogP contribution in [0, 0.1) is 0 Å². The van der Waals surface area contributed by atoms with E-state index in [2.05, 4.69) is 10.3 Å². The molecule has 9 heteroatoms. The number of esters is 1. The van der Waals surface area contributed by atoms with Crippen LogP contribution < -0.4 is 5.32 Å². The summed E-state index contributed by atoms with van der Waals surface area (Å²) in [5, 5.41) is 3.40. The van der Waals surface area contributed by atoms with Crippen molar-refractivity contribution in [2.24, 2.45) is 0 Å². The number of aromatic nitrogens is 1. The van der Waals surface area contributed by atoms with Gasteiger partial charge in [0.15, 0.2) is 12.3 Å². The molecule has 0 bridgehead atoms. The van der Waals surface area contributed by atoms with Crippen molar-refractivity contribution >= 4 is 46.7 Å². The lowest BCUT2D eigenvalue weighted by molar-refractivity contribution is -0.124. The first kappa shape index (κ1) is 20.2. The van der Waals surface area contributed by atoms with E-state index in [1.54, 1.807) is 24.3 Å². The molecule has 0 aliphatic heterocycles. The molecule has 6 nitrogen and oxygen atoms in total. The van der Waals surface area contributed by atoms with Crippen molar-refractivity contribution < 1.29 is 18.7 Å². The average molecular weight is 440 g/mol. The lowest BCUT2D eigenvalue weighted by atomic mass is 10.2. The van der Waals surface area contributed by atoms with Crippen LogP contribution in [0.15, 0.2) is 52.9 Å². The summed E-state index contributed by atoms with van der Waals surface area (Å²) in [5.41, 5.74) is 0.711. The van der Waals surface area contributed by atoms with Gasteiger partial charge >= 0.3 is 5.97 Å². The fraction of sp³-hybridized carbons (Fsp3) is 0.105. The van der Waals surface area contributed by atoms with Crippen LogP contribution in [-0.2, 0) is 16.1 Å². The van der Waals surface area contributed by atoms with Crippen LogP contribution in [0.25, 0.3) is 11.3 Å². The second kappa shape index (κ2) is 9.10. The monoisotopic (exact) mass is 438 g/mol. The van der Waals surface area contributed by atoms with Gasteiger partial charge in [0, 0.05) is 10.6 Å². The van der Waals surface area contributed by atoms with Gasteiger partial charge in [-0.3, -0.25) is 4.79 Å². The number of halogens is 3. The fourth-order valence-electron chi connectivity index (χ4n) is 2.24. The molecule has 0 radical (unpaired) electrons. The van der Waals surface area contributed by atoms with E-state index in [4.69, 9.17) is 44.0 Å². The zero-order valence-corrected chi connectivity index (χ0v) is 16.5. The van der Waals surface area contributed by atoms with Crippen LogP contribution in [0.4, 0.5) is 0 Å². The van der Waals surface area contributed by atoms with Gasteiger partial charge in [0.05, 0.1) is 11.6 Å². The summed E-state index contributed by atoms with van der Waals surface area (Å²) in [7, 11) is 0. The molecule has 1 aromatic carbocycles. The predicted molar refractivity (Wildman–Crippen MR) is 106 cm³/mol. The molecule has 3 aromatic rings. The molecule has 1 amide bonds. The number of pyridine rings is 1. The topological polar surface area (TPSA) is 81.4 Å². The third kappa shape index (κ3) is 5.25. The van der Waals surface area contributed by atoms with Crippen molar-refractivity contribution in [3.05, 3.63) is 75.2 Å². The lowest BCUT2D eigenvalue weighted by Crippen LogP contribution is -2.28. The Hall–Kier alpha value is -2.54. The number of hydrogen-bond donors (Lipinski definition) is 1. The lowest BCUT2D eigenvalue weighted by Gasteiger charge is -2.06. The van der Waals surface area contributed by atoms with E-state index in [0.717, 1.165) is 5.56 Å². The minimum absolute atomic E-state index is 0.0834. The van der Waals surface area contributed by atoms with E-state index in [1.807, 2.05) is 12.1 Å². The predicted octanol–water partition coefficient (Wildman–Crippen LogP) is 4.78. The molecular formula is C19H13Cl3N2O4. The van der Waals surface area contributed by atoms with Gasteiger partial charge in [-0.05, 0) is 48.5 Å². The highest BCUT2D eigenvalue weighted by atomic mass is 35.5. The van der Waals surface area contributed by atoms with Crippen molar-refractivity contribution in [2.75, 3.05) is 6.61 Å². The molecule has 0 atom stereocenters. The smallest absolute Gasteiger partial charge is 0.359 e. The Morgan fingerprint density at radius 2 is 1.75 bits per heavy atom. The highest BCUT2D eigenvalue weighted by Gasteiger charge is 2.16. The molecule has 0 unspecified atom stereocenters. The summed E-state index contributed by atoms with van der Waals surface area (Å²) in [6.07, 6.45) is 0. The Morgan fingerprint density at radius 1 is 1.00 bits per heavy atom. The Labute approximate surface area is 175 Å². The van der Waals surface area contributed by atoms with Gasteiger partial charge in [0.1, 0.15) is 16.7 Å². The molecule has 0 saturated carbocycles. The first-order chi connectivity index (χ1) is 13.4. The molecule has 0 saturated heterocycles. The van der Waals surface area contributed by atoms with E-state index in [1.165, 1.54) is 12.1 Å². The Kier molecular flexibility index (Phi) is 6.57. The Morgan fingerprint density at radius 3 is 2.50 bits per heavy atom. The van der Waals surface area contributed by atoms with Crippen molar-refractivity contribution in [2.45, 2.75) is 6.54 Å². The molecule has 0 fully saturated rings. The summed E-state index contributed by atoms with van der Waals surface area (Å²) in [6, 6.07) is 13.6. The second-order valence-corrected chi connectivity index (χ2v) is 6.82. The van der Waals surface area contributed by atoms with Gasteiger partial charge in [-0.1, -0.05) is 34.8 Å². The summed E-state index contributed by atoms with van der Waals surface area (Å²) in [5.74, 6) is -0.153. The molecule has 2 heterocycles. The van der Waals surface area contributed by atoms with Gasteiger partial charge in [-0.15, -0.1) is 0 Å². The average Bonchev–Trinajstić information content (AvgIpc) is 3.16. The molecule has 28 heavy (non-hydrogen) atoms. The first-order valence-electron chi connectivity index (χ1n) is 8.03. The van der Waals surface area contributed by atoms with Crippen LogP contribution in [-0.4, -0.2) is 23.5 Å². The minimum atomic E-state index is -0.842. The third-order valence-electron chi connectivity index (χ3n) is 3.59. The number of hydrogen-bond acceptors (Lipinski definition) is 5. The molecule has 3 rings (SSSR count). The van der Waals surface area contributed by atoms with Gasteiger partial charge in [-0.2, -0.15) is 0 Å². The Balaban J connectivity index is 1.50. The van der Waals surface area contributed by atoms with Crippen molar-refractivity contribution in [3.63, 3.8) is 0 Å². The Bertz CT molecular complexity index is 1000. The van der Waals surface area contributed by atoms with E-state index >= 15 is 0 Å². The van der Waals surface area contributed by atoms with Crippen LogP contribution in [0.2, 0.25) is 15.2 Å². The maximum atomic E-state index is 11.9. The van der Waals surface area contributed by atoms with Crippen LogP contribution in [0.1, 0.15) is 16.2 Å². The molecule has 1 N–H and O–H groups in total.